The molecule has 1 amide bonds. The molecule has 4 rings (SSSR count). The SMILES string of the molecule is CCC1CCC2C3CC=C4CC(OC(=O)CCC(=O)N(CCCCCCCC(C)N)CCC(C)N)CCC4(C)C3CCC12C. The minimum absolute atomic E-state index is 0.0465. The minimum atomic E-state index is -0.215. The Morgan fingerprint density at radius 3 is 2.36 bits per heavy atom. The molecule has 0 spiro atoms. The maximum Gasteiger partial charge on any atom is 0.306 e. The van der Waals surface area contributed by atoms with Crippen LogP contribution in [-0.2, 0) is 14.3 Å². The van der Waals surface area contributed by atoms with Crippen LogP contribution in [0, 0.1) is 34.5 Å². The number of esters is 1. The normalized spacial score (nSPS) is 34.2. The number of unbranched alkanes of at least 4 members (excludes halogenated alkanes) is 4. The number of carbonyl (C=O) groups excluding carboxylic acids is 2. The molecule has 9 atom stereocenters. The zero-order valence-corrected chi connectivity index (χ0v) is 29.1. The number of amides is 1. The van der Waals surface area contributed by atoms with Gasteiger partial charge in [0.15, 0.2) is 0 Å². The number of nitrogens with zero attached hydrogens (tertiary/aromatic N) is 1. The van der Waals surface area contributed by atoms with Crippen molar-refractivity contribution in [3.8, 4) is 0 Å². The third-order valence-electron chi connectivity index (χ3n) is 12.9. The summed E-state index contributed by atoms with van der Waals surface area (Å²) < 4.78 is 6.04. The molecule has 0 aliphatic heterocycles. The lowest BCUT2D eigenvalue weighted by Gasteiger charge is -2.58. The Morgan fingerprint density at radius 2 is 1.64 bits per heavy atom. The lowest BCUT2D eigenvalue weighted by Crippen LogP contribution is -2.50. The van der Waals surface area contributed by atoms with Gasteiger partial charge in [0.25, 0.3) is 0 Å². The Hall–Kier alpha value is -1.40. The van der Waals surface area contributed by atoms with Crippen LogP contribution in [0.2, 0.25) is 0 Å². The van der Waals surface area contributed by atoms with E-state index in [1.807, 2.05) is 11.8 Å². The van der Waals surface area contributed by atoms with Crippen molar-refractivity contribution < 1.29 is 14.3 Å². The molecule has 0 aromatic heterocycles. The van der Waals surface area contributed by atoms with Crippen LogP contribution in [0.15, 0.2) is 11.6 Å². The van der Waals surface area contributed by atoms with Crippen LogP contribution in [0.1, 0.15) is 150 Å². The Bertz CT molecular complexity index is 978. The molecule has 6 heteroatoms. The predicted octanol–water partition coefficient (Wildman–Crippen LogP) is 7.92. The van der Waals surface area contributed by atoms with E-state index in [2.05, 4.69) is 33.8 Å². The number of carbonyl (C=O) groups is 2. The van der Waals surface area contributed by atoms with E-state index in [9.17, 15) is 9.59 Å². The molecule has 0 bridgehead atoms. The molecule has 0 saturated heterocycles. The molecule has 6 nitrogen and oxygen atoms in total. The molecule has 3 fully saturated rings. The third-order valence-corrected chi connectivity index (χ3v) is 12.9. The summed E-state index contributed by atoms with van der Waals surface area (Å²) in [4.78, 5) is 28.0. The van der Waals surface area contributed by atoms with Crippen molar-refractivity contribution >= 4 is 11.9 Å². The first-order valence-electron chi connectivity index (χ1n) is 18.7. The molecule has 3 saturated carbocycles. The van der Waals surface area contributed by atoms with Crippen molar-refractivity contribution in [3.05, 3.63) is 11.6 Å². The first-order chi connectivity index (χ1) is 21.0. The van der Waals surface area contributed by atoms with Crippen molar-refractivity contribution in [2.45, 2.75) is 168 Å². The van der Waals surface area contributed by atoms with E-state index in [4.69, 9.17) is 16.2 Å². The summed E-state index contributed by atoms with van der Waals surface area (Å²) in [5.74, 6) is 3.24. The molecule has 0 aromatic carbocycles. The average Bonchev–Trinajstić information content (AvgIpc) is 3.33. The summed E-state index contributed by atoms with van der Waals surface area (Å²) in [6.45, 7) is 13.0. The highest BCUT2D eigenvalue weighted by Crippen LogP contribution is 2.66. The summed E-state index contributed by atoms with van der Waals surface area (Å²) in [5.41, 5.74) is 14.2. The van der Waals surface area contributed by atoms with Crippen LogP contribution in [0.3, 0.4) is 0 Å². The van der Waals surface area contributed by atoms with Gasteiger partial charge in [-0.05, 0) is 113 Å². The molecule has 4 aliphatic rings. The molecule has 4 aliphatic carbocycles. The highest BCUT2D eigenvalue weighted by molar-refractivity contribution is 5.81. The van der Waals surface area contributed by atoms with Crippen LogP contribution in [0.25, 0.3) is 0 Å². The first-order valence-corrected chi connectivity index (χ1v) is 18.7. The van der Waals surface area contributed by atoms with Crippen molar-refractivity contribution in [2.75, 3.05) is 13.1 Å². The lowest BCUT2D eigenvalue weighted by atomic mass is 9.47. The predicted molar refractivity (Wildman–Crippen MR) is 181 cm³/mol. The highest BCUT2D eigenvalue weighted by atomic mass is 16.5. The number of ether oxygens (including phenoxy) is 1. The van der Waals surface area contributed by atoms with Crippen molar-refractivity contribution in [1.29, 1.82) is 0 Å². The second-order valence-electron chi connectivity index (χ2n) is 16.0. The first kappa shape index (κ1) is 35.5. The van der Waals surface area contributed by atoms with Gasteiger partial charge < -0.3 is 21.1 Å². The number of hydrogen-bond donors (Lipinski definition) is 2. The van der Waals surface area contributed by atoms with E-state index < -0.39 is 0 Å². The molecule has 0 aromatic rings. The fourth-order valence-corrected chi connectivity index (χ4v) is 10.1. The maximum absolute atomic E-state index is 13.2. The van der Waals surface area contributed by atoms with Gasteiger partial charge in [0.1, 0.15) is 6.10 Å². The van der Waals surface area contributed by atoms with Crippen LogP contribution in [0.5, 0.6) is 0 Å². The maximum atomic E-state index is 13.2. The molecule has 0 heterocycles. The fourth-order valence-electron chi connectivity index (χ4n) is 10.1. The van der Waals surface area contributed by atoms with E-state index in [0.717, 1.165) is 75.2 Å². The van der Waals surface area contributed by atoms with E-state index in [0.29, 0.717) is 12.0 Å². The largest absolute Gasteiger partial charge is 0.462 e. The average molecular weight is 614 g/mol. The Kier molecular flexibility index (Phi) is 12.8. The van der Waals surface area contributed by atoms with Gasteiger partial charge in [0, 0.05) is 38.0 Å². The van der Waals surface area contributed by atoms with Gasteiger partial charge in [-0.15, -0.1) is 0 Å². The van der Waals surface area contributed by atoms with Gasteiger partial charge in [-0.2, -0.15) is 0 Å². The number of allylic oxidation sites excluding steroid dienone is 1. The van der Waals surface area contributed by atoms with Crippen molar-refractivity contribution in [3.63, 3.8) is 0 Å². The summed E-state index contributed by atoms with van der Waals surface area (Å²) in [5, 5.41) is 0. The smallest absolute Gasteiger partial charge is 0.306 e. The summed E-state index contributed by atoms with van der Waals surface area (Å²) in [7, 11) is 0. The van der Waals surface area contributed by atoms with Gasteiger partial charge in [0.2, 0.25) is 5.91 Å². The number of rotatable bonds is 16. The monoisotopic (exact) mass is 614 g/mol. The van der Waals surface area contributed by atoms with Crippen LogP contribution in [-0.4, -0.2) is 48.1 Å². The summed E-state index contributed by atoms with van der Waals surface area (Å²) in [6.07, 6.45) is 21.5. The quantitative estimate of drug-likeness (QED) is 0.105. The van der Waals surface area contributed by atoms with Gasteiger partial charge in [0.05, 0.1) is 6.42 Å². The molecular weight excluding hydrogens is 546 g/mol. The fraction of sp³-hybridized carbons (Fsp3) is 0.895. The molecule has 0 radical (unpaired) electrons. The number of fused-ring (bicyclic) bond motifs is 5. The standard InChI is InChI=1S/C38H67N3O3/c1-6-29-14-16-33-32-15-13-30-26-31(19-22-38(30,5)34(32)20-23-37(29,33)4)44-36(43)18-17-35(42)41(25-21-28(3)40)24-11-9-7-8-10-12-27(2)39/h13,27-29,31-34H,6-12,14-26,39-40H2,1-5H3. The van der Waals surface area contributed by atoms with E-state index in [1.54, 1.807) is 5.57 Å². The van der Waals surface area contributed by atoms with Crippen LogP contribution in [0.4, 0.5) is 0 Å². The van der Waals surface area contributed by atoms with Gasteiger partial charge >= 0.3 is 5.97 Å². The van der Waals surface area contributed by atoms with E-state index >= 15 is 0 Å². The zero-order chi connectivity index (χ0) is 31.9. The minimum Gasteiger partial charge on any atom is -0.462 e. The third kappa shape index (κ3) is 8.49. The van der Waals surface area contributed by atoms with Crippen LogP contribution < -0.4 is 11.5 Å². The number of hydrogen-bond acceptors (Lipinski definition) is 5. The highest BCUT2D eigenvalue weighted by Gasteiger charge is 2.58. The lowest BCUT2D eigenvalue weighted by molar-refractivity contribution is -0.153. The van der Waals surface area contributed by atoms with Crippen LogP contribution >= 0.6 is 0 Å². The van der Waals surface area contributed by atoms with Gasteiger partial charge in [-0.1, -0.05) is 64.5 Å². The van der Waals surface area contributed by atoms with E-state index in [-0.39, 0.29) is 48.3 Å². The Morgan fingerprint density at radius 1 is 0.909 bits per heavy atom. The number of nitrogens with two attached hydrogens (primary N) is 2. The molecule has 9 unspecified atom stereocenters. The topological polar surface area (TPSA) is 98.7 Å². The second-order valence-corrected chi connectivity index (χ2v) is 16.0. The van der Waals surface area contributed by atoms with Crippen molar-refractivity contribution in [2.24, 2.45) is 46.0 Å². The summed E-state index contributed by atoms with van der Waals surface area (Å²) >= 11 is 0. The molecule has 4 N–H and O–H groups in total. The van der Waals surface area contributed by atoms with Gasteiger partial charge in [-0.3, -0.25) is 9.59 Å². The molecule has 44 heavy (non-hydrogen) atoms. The molecular formula is C38H67N3O3. The second kappa shape index (κ2) is 15.9. The Balaban J connectivity index is 1.23. The Labute approximate surface area is 269 Å². The molecule has 252 valence electrons. The van der Waals surface area contributed by atoms with Crippen molar-refractivity contribution in [1.82, 2.24) is 4.90 Å². The van der Waals surface area contributed by atoms with Gasteiger partial charge in [-0.25, -0.2) is 0 Å². The van der Waals surface area contributed by atoms with E-state index in [1.165, 1.54) is 57.8 Å². The summed E-state index contributed by atoms with van der Waals surface area (Å²) in [6, 6.07) is 0.330. The zero-order valence-electron chi connectivity index (χ0n) is 29.1.